The number of aromatic nitrogens is 2. The lowest BCUT2D eigenvalue weighted by Gasteiger charge is -2.31. The van der Waals surface area contributed by atoms with Gasteiger partial charge in [-0.3, -0.25) is 19.7 Å². The van der Waals surface area contributed by atoms with Gasteiger partial charge in [0.15, 0.2) is 11.6 Å². The van der Waals surface area contributed by atoms with Crippen molar-refractivity contribution < 1.29 is 18.7 Å². The van der Waals surface area contributed by atoms with Gasteiger partial charge in [0, 0.05) is 61.8 Å². The Balaban J connectivity index is 1.05. The van der Waals surface area contributed by atoms with Crippen molar-refractivity contribution in [3.8, 4) is 22.1 Å². The topological polar surface area (TPSA) is 112 Å². The second-order valence-corrected chi connectivity index (χ2v) is 13.0. The Morgan fingerprint density at radius 3 is 2.58 bits per heavy atom. The van der Waals surface area contributed by atoms with Crippen LogP contribution in [0.15, 0.2) is 54.9 Å². The first-order valence-electron chi connectivity index (χ1n) is 15.3. The van der Waals surface area contributed by atoms with E-state index in [0.717, 1.165) is 78.2 Å². The number of benzene rings is 1. The summed E-state index contributed by atoms with van der Waals surface area (Å²) >= 11 is 1.49. The van der Waals surface area contributed by atoms with E-state index in [2.05, 4.69) is 36.8 Å². The van der Waals surface area contributed by atoms with Crippen molar-refractivity contribution >= 4 is 39.2 Å². The van der Waals surface area contributed by atoms with Crippen molar-refractivity contribution in [3.05, 3.63) is 66.2 Å². The highest BCUT2D eigenvalue weighted by atomic mass is 32.1. The molecule has 1 saturated carbocycles. The Labute approximate surface area is 266 Å². The number of fused-ring (bicyclic) bond motifs is 1. The van der Waals surface area contributed by atoms with Crippen LogP contribution in [0, 0.1) is 11.7 Å². The second kappa shape index (κ2) is 13.9. The van der Waals surface area contributed by atoms with Gasteiger partial charge < -0.3 is 25.6 Å². The molecule has 12 heteroatoms. The molecule has 2 aliphatic rings. The molecular weight excluding hydrogens is 593 g/mol. The van der Waals surface area contributed by atoms with Crippen LogP contribution in [-0.2, 0) is 11.3 Å². The zero-order chi connectivity index (χ0) is 31.3. The van der Waals surface area contributed by atoms with Crippen molar-refractivity contribution in [3.63, 3.8) is 0 Å². The van der Waals surface area contributed by atoms with Gasteiger partial charge in [0.05, 0.1) is 20.8 Å². The second-order valence-electron chi connectivity index (χ2n) is 12.0. The van der Waals surface area contributed by atoms with Gasteiger partial charge in [0.2, 0.25) is 5.91 Å². The summed E-state index contributed by atoms with van der Waals surface area (Å²) in [5.74, 6) is 0.220. The van der Waals surface area contributed by atoms with E-state index in [9.17, 15) is 14.0 Å². The number of anilines is 1. The van der Waals surface area contributed by atoms with E-state index in [1.54, 1.807) is 18.3 Å². The Morgan fingerprint density at radius 2 is 1.87 bits per heavy atom. The maximum absolute atomic E-state index is 14.9. The van der Waals surface area contributed by atoms with E-state index in [4.69, 9.17) is 9.72 Å². The van der Waals surface area contributed by atoms with E-state index in [1.165, 1.54) is 23.5 Å². The summed E-state index contributed by atoms with van der Waals surface area (Å²) in [5.41, 5.74) is 3.04. The fraction of sp³-hybridized carbons (Fsp3) is 0.394. The number of piperidine rings is 1. The molecular formula is C33H38FN7O3S. The summed E-state index contributed by atoms with van der Waals surface area (Å²) in [7, 11) is 4.00. The molecule has 1 aliphatic heterocycles. The van der Waals surface area contributed by atoms with Gasteiger partial charge >= 0.3 is 6.03 Å². The number of likely N-dealkylation sites (tertiary alicyclic amines) is 1. The molecule has 6 rings (SSSR count). The molecule has 2 fully saturated rings. The first-order valence-corrected chi connectivity index (χ1v) is 16.2. The molecule has 1 aromatic carbocycles. The van der Waals surface area contributed by atoms with Crippen LogP contribution in [0.25, 0.3) is 20.8 Å². The van der Waals surface area contributed by atoms with Crippen LogP contribution in [0.5, 0.6) is 11.5 Å². The van der Waals surface area contributed by atoms with Gasteiger partial charge in [-0.05, 0) is 82.7 Å². The molecule has 0 atom stereocenters. The molecule has 4 aromatic rings. The third-order valence-corrected chi connectivity index (χ3v) is 9.16. The van der Waals surface area contributed by atoms with Gasteiger partial charge in [-0.2, -0.15) is 0 Å². The minimum atomic E-state index is -0.578. The molecule has 3 N–H and O–H groups in total. The van der Waals surface area contributed by atoms with Gasteiger partial charge in [0.1, 0.15) is 5.75 Å². The number of nitrogens with zero attached hydrogens (tertiary/aromatic N) is 4. The summed E-state index contributed by atoms with van der Waals surface area (Å²) < 4.78 is 21.7. The normalized spacial score (nSPS) is 15.7. The van der Waals surface area contributed by atoms with Crippen molar-refractivity contribution in [2.24, 2.45) is 5.92 Å². The predicted molar refractivity (Wildman–Crippen MR) is 174 cm³/mol. The number of hydrogen-bond acceptors (Lipinski definition) is 8. The van der Waals surface area contributed by atoms with Crippen LogP contribution >= 0.6 is 11.3 Å². The number of carbonyl (C=O) groups is 2. The zero-order valence-electron chi connectivity index (χ0n) is 25.5. The standard InChI is InChI=1S/C33H38FN7O3S/c1-40(2)16-13-36-32(42)22-10-14-41(15-11-22)20-21-3-7-26(37-19-21)30-18-27-31(45-30)29(9-12-35-27)44-28-8-6-24(17-25(28)34)39-33(43)38-23-4-5-23/h3,6-9,12,17-19,22-23H,4-5,10-11,13-16,20H2,1-2H3,(H,36,42)(H2,38,39,43). The number of rotatable bonds is 11. The van der Waals surface area contributed by atoms with Crippen LogP contribution in [0.4, 0.5) is 14.9 Å². The van der Waals surface area contributed by atoms with Crippen LogP contribution in [0.2, 0.25) is 0 Å². The first-order chi connectivity index (χ1) is 21.8. The molecule has 1 saturated heterocycles. The highest BCUT2D eigenvalue weighted by Crippen LogP contribution is 2.39. The van der Waals surface area contributed by atoms with E-state index in [1.807, 2.05) is 32.4 Å². The molecule has 3 aromatic heterocycles. The Hall–Kier alpha value is -4.13. The lowest BCUT2D eigenvalue weighted by molar-refractivity contribution is -0.126. The number of hydrogen-bond donors (Lipinski definition) is 3. The third-order valence-electron chi connectivity index (χ3n) is 8.00. The number of ether oxygens (including phenoxy) is 1. The number of amides is 3. The monoisotopic (exact) mass is 631 g/mol. The van der Waals surface area contributed by atoms with E-state index in [-0.39, 0.29) is 29.6 Å². The summed E-state index contributed by atoms with van der Waals surface area (Å²) in [6.45, 7) is 4.08. The fourth-order valence-electron chi connectivity index (χ4n) is 5.30. The molecule has 236 valence electrons. The Kier molecular flexibility index (Phi) is 9.53. The van der Waals surface area contributed by atoms with Crippen LogP contribution in [-0.4, -0.2) is 78.0 Å². The summed E-state index contributed by atoms with van der Waals surface area (Å²) in [6, 6.07) is 12.0. The number of halogens is 1. The number of pyridine rings is 2. The maximum Gasteiger partial charge on any atom is 0.319 e. The van der Waals surface area contributed by atoms with E-state index < -0.39 is 5.82 Å². The van der Waals surface area contributed by atoms with Gasteiger partial charge in [-0.15, -0.1) is 11.3 Å². The average molecular weight is 632 g/mol. The predicted octanol–water partition coefficient (Wildman–Crippen LogP) is 5.46. The molecule has 45 heavy (non-hydrogen) atoms. The molecule has 3 amide bonds. The van der Waals surface area contributed by atoms with Crippen molar-refractivity contribution in [2.75, 3.05) is 45.6 Å². The molecule has 0 spiro atoms. The van der Waals surface area contributed by atoms with Gasteiger partial charge in [-0.1, -0.05) is 6.07 Å². The van der Waals surface area contributed by atoms with Crippen molar-refractivity contribution in [1.29, 1.82) is 0 Å². The van der Waals surface area contributed by atoms with Crippen molar-refractivity contribution in [2.45, 2.75) is 38.3 Å². The minimum Gasteiger partial charge on any atom is -0.453 e. The molecule has 0 unspecified atom stereocenters. The summed E-state index contributed by atoms with van der Waals surface area (Å²) in [4.78, 5) is 39.1. The smallest absolute Gasteiger partial charge is 0.319 e. The molecule has 4 heterocycles. The fourth-order valence-corrected chi connectivity index (χ4v) is 6.35. The quantitative estimate of drug-likeness (QED) is 0.202. The lowest BCUT2D eigenvalue weighted by Crippen LogP contribution is -2.41. The maximum atomic E-state index is 14.9. The molecule has 0 radical (unpaired) electrons. The minimum absolute atomic E-state index is 0.0575. The number of urea groups is 1. The van der Waals surface area contributed by atoms with Crippen molar-refractivity contribution in [1.82, 2.24) is 30.4 Å². The third kappa shape index (κ3) is 8.13. The number of nitrogens with one attached hydrogen (secondary N) is 3. The first kappa shape index (κ1) is 30.9. The highest BCUT2D eigenvalue weighted by molar-refractivity contribution is 7.22. The SMILES string of the molecule is CN(C)CCNC(=O)C1CCN(Cc2ccc(-c3cc4nccc(Oc5ccc(NC(=O)NC6CC6)cc5F)c4s3)nc2)CC1. The molecule has 0 bridgehead atoms. The molecule has 10 nitrogen and oxygen atoms in total. The average Bonchev–Trinajstić information content (AvgIpc) is 3.72. The van der Waals surface area contributed by atoms with Gasteiger partial charge in [0.25, 0.3) is 0 Å². The van der Waals surface area contributed by atoms with Crippen LogP contribution in [0.1, 0.15) is 31.2 Å². The largest absolute Gasteiger partial charge is 0.453 e. The number of likely N-dealkylation sites (N-methyl/N-ethyl adjacent to an activating group) is 1. The summed E-state index contributed by atoms with van der Waals surface area (Å²) in [6.07, 6.45) is 7.21. The van der Waals surface area contributed by atoms with Crippen LogP contribution in [0.3, 0.4) is 0 Å². The number of carbonyl (C=O) groups excluding carboxylic acids is 2. The lowest BCUT2D eigenvalue weighted by atomic mass is 9.95. The highest BCUT2D eigenvalue weighted by Gasteiger charge is 2.25. The Bertz CT molecular complexity index is 1650. The number of thiophene rings is 1. The van der Waals surface area contributed by atoms with E-state index >= 15 is 0 Å². The zero-order valence-corrected chi connectivity index (χ0v) is 26.3. The molecule has 1 aliphatic carbocycles. The summed E-state index contributed by atoms with van der Waals surface area (Å²) in [5, 5.41) is 8.53. The van der Waals surface area contributed by atoms with Crippen LogP contribution < -0.4 is 20.7 Å². The van der Waals surface area contributed by atoms with E-state index in [0.29, 0.717) is 18.0 Å². The van der Waals surface area contributed by atoms with Gasteiger partial charge in [-0.25, -0.2) is 9.18 Å². The Morgan fingerprint density at radius 1 is 1.04 bits per heavy atom.